The third-order valence-electron chi connectivity index (χ3n) is 7.40. The maximum absolute atomic E-state index is 14.1. The molecule has 4 heterocycles. The molecule has 2 N–H and O–H groups in total. The van der Waals surface area contributed by atoms with Crippen LogP contribution in [0.5, 0.6) is 5.75 Å². The number of carboxylic acids is 1. The molecule has 212 valence electrons. The Bertz CT molecular complexity index is 1650. The standard InChI is InChI=1S/C28H32N4O7S/c1-16-21-24(33)32(28(2,3)26(34)35)27(36)31(25(21)40-22(16)23-30-13-14-38-23)15-20(39-17-9-11-29-12-10-17)18-7-5-6-8-19(18)37-4/h5-8,13-14,17,20,29H,9-12,15H2,1-4H3,(H,34,35). The Morgan fingerprint density at radius 3 is 2.65 bits per heavy atom. The number of nitrogens with zero attached hydrogens (tertiary/aromatic N) is 3. The number of ether oxygens (including phenoxy) is 2. The first-order valence-electron chi connectivity index (χ1n) is 13.1. The van der Waals surface area contributed by atoms with Crippen LogP contribution in [0.3, 0.4) is 0 Å². The number of fused-ring (bicyclic) bond motifs is 1. The molecule has 0 radical (unpaired) electrons. The number of carboxylic acid groups (broad SMARTS) is 1. The normalized spacial score (nSPS) is 15.4. The van der Waals surface area contributed by atoms with Crippen LogP contribution in [0.2, 0.25) is 0 Å². The summed E-state index contributed by atoms with van der Waals surface area (Å²) in [6.45, 7) is 6.09. The molecule has 1 aliphatic rings. The minimum absolute atomic E-state index is 0.0284. The van der Waals surface area contributed by atoms with Gasteiger partial charge in [-0.2, -0.15) is 0 Å². The van der Waals surface area contributed by atoms with Gasteiger partial charge in [-0.3, -0.25) is 9.36 Å². The molecular formula is C28H32N4O7S. The highest BCUT2D eigenvalue weighted by Crippen LogP contribution is 2.37. The van der Waals surface area contributed by atoms with E-state index in [1.807, 2.05) is 24.3 Å². The van der Waals surface area contributed by atoms with E-state index < -0.39 is 28.9 Å². The number of oxazole rings is 1. The number of piperidine rings is 1. The molecule has 0 amide bonds. The summed E-state index contributed by atoms with van der Waals surface area (Å²) in [5.41, 5.74) is -1.91. The molecule has 12 heteroatoms. The Morgan fingerprint density at radius 1 is 1.27 bits per heavy atom. The summed E-state index contributed by atoms with van der Waals surface area (Å²) in [6.07, 6.45) is 3.86. The predicted octanol–water partition coefficient (Wildman–Crippen LogP) is 3.53. The highest BCUT2D eigenvalue weighted by Gasteiger charge is 2.36. The zero-order valence-corrected chi connectivity index (χ0v) is 23.6. The Kier molecular flexibility index (Phi) is 7.67. The van der Waals surface area contributed by atoms with Crippen molar-refractivity contribution in [2.45, 2.75) is 57.9 Å². The van der Waals surface area contributed by atoms with E-state index in [1.54, 1.807) is 14.0 Å². The quantitative estimate of drug-likeness (QED) is 0.311. The Labute approximate surface area is 234 Å². The van der Waals surface area contributed by atoms with Crippen LogP contribution in [0.25, 0.3) is 21.0 Å². The molecular weight excluding hydrogens is 536 g/mol. The number of thiophene rings is 1. The number of aromatic nitrogens is 3. The first-order chi connectivity index (χ1) is 19.1. The van der Waals surface area contributed by atoms with Crippen LogP contribution in [0.1, 0.15) is 43.9 Å². The monoisotopic (exact) mass is 568 g/mol. The van der Waals surface area contributed by atoms with Crippen LogP contribution in [0.15, 0.2) is 50.7 Å². The van der Waals surface area contributed by atoms with Gasteiger partial charge in [-0.1, -0.05) is 18.2 Å². The van der Waals surface area contributed by atoms with Crippen LogP contribution in [0, 0.1) is 6.92 Å². The lowest BCUT2D eigenvalue weighted by molar-refractivity contribution is -0.146. The van der Waals surface area contributed by atoms with Crippen molar-refractivity contribution in [1.29, 1.82) is 0 Å². The first-order valence-corrected chi connectivity index (χ1v) is 13.9. The second-order valence-corrected chi connectivity index (χ2v) is 11.3. The van der Waals surface area contributed by atoms with E-state index in [9.17, 15) is 19.5 Å². The molecule has 40 heavy (non-hydrogen) atoms. The van der Waals surface area contributed by atoms with Gasteiger partial charge < -0.3 is 24.3 Å². The van der Waals surface area contributed by atoms with E-state index in [0.717, 1.165) is 36.1 Å². The Hall–Kier alpha value is -3.74. The average Bonchev–Trinajstić information content (AvgIpc) is 3.59. The third kappa shape index (κ3) is 4.87. The van der Waals surface area contributed by atoms with Gasteiger partial charge in [-0.25, -0.2) is 19.1 Å². The van der Waals surface area contributed by atoms with Gasteiger partial charge in [0, 0.05) is 5.56 Å². The fourth-order valence-corrected chi connectivity index (χ4v) is 6.35. The number of aryl methyl sites for hydroxylation is 1. The van der Waals surface area contributed by atoms with Gasteiger partial charge in [-0.15, -0.1) is 11.3 Å². The van der Waals surface area contributed by atoms with E-state index in [-0.39, 0.29) is 18.0 Å². The minimum Gasteiger partial charge on any atom is -0.496 e. The number of methoxy groups -OCH3 is 1. The minimum atomic E-state index is -1.81. The summed E-state index contributed by atoms with van der Waals surface area (Å²) in [5, 5.41) is 13.6. The van der Waals surface area contributed by atoms with Crippen molar-refractivity contribution in [1.82, 2.24) is 19.4 Å². The second kappa shape index (κ2) is 11.0. The van der Waals surface area contributed by atoms with Crippen molar-refractivity contribution in [3.05, 3.63) is 68.7 Å². The Morgan fingerprint density at radius 2 is 2.00 bits per heavy atom. The molecule has 3 aromatic heterocycles. The summed E-state index contributed by atoms with van der Waals surface area (Å²) in [6, 6.07) is 7.45. The maximum Gasteiger partial charge on any atom is 0.333 e. The predicted molar refractivity (Wildman–Crippen MR) is 150 cm³/mol. The summed E-state index contributed by atoms with van der Waals surface area (Å²) >= 11 is 1.21. The van der Waals surface area contributed by atoms with Crippen LogP contribution in [-0.2, 0) is 21.6 Å². The lowest BCUT2D eigenvalue weighted by Gasteiger charge is -2.30. The number of hydrogen-bond acceptors (Lipinski definition) is 9. The van der Waals surface area contributed by atoms with Crippen molar-refractivity contribution in [2.24, 2.45) is 0 Å². The molecule has 0 aliphatic carbocycles. The molecule has 0 saturated carbocycles. The highest BCUT2D eigenvalue weighted by atomic mass is 32.1. The third-order valence-corrected chi connectivity index (χ3v) is 8.70. The van der Waals surface area contributed by atoms with E-state index >= 15 is 0 Å². The molecule has 1 saturated heterocycles. The second-order valence-electron chi connectivity index (χ2n) is 10.3. The SMILES string of the molecule is COc1ccccc1C(Cn1c(=O)n(C(C)(C)C(=O)O)c(=O)c2c(C)c(-c3ncco3)sc21)OC1CCNCC1. The fraction of sp³-hybridized carbons (Fsp3) is 0.429. The van der Waals surface area contributed by atoms with Gasteiger partial charge >= 0.3 is 11.7 Å². The summed E-state index contributed by atoms with van der Waals surface area (Å²) in [7, 11) is 1.58. The van der Waals surface area contributed by atoms with Gasteiger partial charge in [0.2, 0.25) is 5.89 Å². The molecule has 1 aromatic carbocycles. The van der Waals surface area contributed by atoms with Crippen molar-refractivity contribution < 1.29 is 23.8 Å². The van der Waals surface area contributed by atoms with E-state index in [2.05, 4.69) is 10.3 Å². The average molecular weight is 569 g/mol. The molecule has 1 fully saturated rings. The van der Waals surface area contributed by atoms with Crippen LogP contribution < -0.4 is 21.3 Å². The number of nitrogens with one attached hydrogen (secondary N) is 1. The van der Waals surface area contributed by atoms with Crippen molar-refractivity contribution in [3.63, 3.8) is 0 Å². The van der Waals surface area contributed by atoms with Gasteiger partial charge in [-0.05, 0) is 58.3 Å². The smallest absolute Gasteiger partial charge is 0.333 e. The molecule has 4 aromatic rings. The topological polar surface area (TPSA) is 138 Å². The molecule has 0 spiro atoms. The number of para-hydroxylation sites is 1. The summed E-state index contributed by atoms with van der Waals surface area (Å²) in [4.78, 5) is 45.4. The van der Waals surface area contributed by atoms with Crippen molar-refractivity contribution in [3.8, 4) is 16.5 Å². The number of carbonyl (C=O) groups is 1. The lowest BCUT2D eigenvalue weighted by Crippen LogP contribution is -2.52. The van der Waals surface area contributed by atoms with Gasteiger partial charge in [0.1, 0.15) is 28.5 Å². The van der Waals surface area contributed by atoms with Gasteiger partial charge in [0.05, 0.1) is 36.2 Å². The number of benzene rings is 1. The molecule has 0 bridgehead atoms. The first kappa shape index (κ1) is 27.8. The van der Waals surface area contributed by atoms with Gasteiger partial charge in [0.25, 0.3) is 5.56 Å². The van der Waals surface area contributed by atoms with Crippen LogP contribution in [0.4, 0.5) is 0 Å². The van der Waals surface area contributed by atoms with Gasteiger partial charge in [0.15, 0.2) is 0 Å². The fourth-order valence-electron chi connectivity index (χ4n) is 5.11. The summed E-state index contributed by atoms with van der Waals surface area (Å²) < 4.78 is 20.1. The zero-order valence-electron chi connectivity index (χ0n) is 22.8. The number of hydrogen-bond donors (Lipinski definition) is 2. The zero-order chi connectivity index (χ0) is 28.6. The lowest BCUT2D eigenvalue weighted by atomic mass is 10.0. The van der Waals surface area contributed by atoms with E-state index in [0.29, 0.717) is 26.9 Å². The Balaban J connectivity index is 1.76. The summed E-state index contributed by atoms with van der Waals surface area (Å²) in [5.74, 6) is -0.383. The molecule has 1 atom stereocenters. The molecule has 1 aliphatic heterocycles. The maximum atomic E-state index is 14.1. The largest absolute Gasteiger partial charge is 0.496 e. The number of aliphatic carboxylic acids is 1. The van der Waals surface area contributed by atoms with Crippen LogP contribution in [-0.4, -0.2) is 51.5 Å². The van der Waals surface area contributed by atoms with E-state index in [1.165, 1.54) is 42.2 Å². The molecule has 11 nitrogen and oxygen atoms in total. The van der Waals surface area contributed by atoms with Crippen molar-refractivity contribution >= 4 is 27.5 Å². The van der Waals surface area contributed by atoms with E-state index in [4.69, 9.17) is 13.9 Å². The molecule has 1 unspecified atom stereocenters. The highest BCUT2D eigenvalue weighted by molar-refractivity contribution is 7.22. The van der Waals surface area contributed by atoms with Crippen LogP contribution >= 0.6 is 11.3 Å². The molecule has 5 rings (SSSR count). The van der Waals surface area contributed by atoms with Crippen molar-refractivity contribution in [2.75, 3.05) is 20.2 Å². The number of rotatable bonds is 9.